The number of nitrogens with one attached hydrogen (secondary N) is 2. The first-order chi connectivity index (χ1) is 17.5. The van der Waals surface area contributed by atoms with E-state index in [-0.39, 0.29) is 5.91 Å². The molecule has 0 bridgehead atoms. The number of hydrogen-bond acceptors (Lipinski definition) is 7. The molecule has 6 rings (SSSR count). The summed E-state index contributed by atoms with van der Waals surface area (Å²) in [5.74, 6) is 0.995. The van der Waals surface area contributed by atoms with Crippen LogP contribution in [0.25, 0.3) is 16.9 Å². The zero-order chi connectivity index (χ0) is 24.8. The van der Waals surface area contributed by atoms with Crippen LogP contribution in [0.4, 0.5) is 11.5 Å². The molecule has 4 aromatic rings. The Morgan fingerprint density at radius 3 is 2.92 bits per heavy atom. The van der Waals surface area contributed by atoms with Gasteiger partial charge in [0.1, 0.15) is 5.82 Å². The largest absolute Gasteiger partial charge is 0.381 e. The van der Waals surface area contributed by atoms with Gasteiger partial charge in [-0.2, -0.15) is 5.10 Å². The SMILES string of the molecule is Cc1cnn2c(-c3ccc(Nc4ccc([C@H]5CCOC5)c(CN(C)C)n4)c4c3CNC4=O)cnc2c1. The molecule has 1 saturated heterocycles. The van der Waals surface area contributed by atoms with Crippen LogP contribution in [0.5, 0.6) is 0 Å². The van der Waals surface area contributed by atoms with Crippen molar-refractivity contribution in [2.45, 2.75) is 32.4 Å². The summed E-state index contributed by atoms with van der Waals surface area (Å²) in [6.07, 6.45) is 4.64. The number of anilines is 2. The molecular weight excluding hydrogens is 454 g/mol. The second kappa shape index (κ2) is 9.00. The van der Waals surface area contributed by atoms with Gasteiger partial charge in [-0.05, 0) is 62.3 Å². The Morgan fingerprint density at radius 2 is 2.11 bits per heavy atom. The number of fused-ring (bicyclic) bond motifs is 2. The molecule has 0 aliphatic carbocycles. The van der Waals surface area contributed by atoms with Crippen molar-refractivity contribution < 1.29 is 9.53 Å². The Bertz CT molecular complexity index is 1470. The molecule has 36 heavy (non-hydrogen) atoms. The Balaban J connectivity index is 1.38. The first-order valence-corrected chi connectivity index (χ1v) is 12.2. The number of carbonyl (C=O) groups excluding carboxylic acids is 1. The van der Waals surface area contributed by atoms with E-state index in [9.17, 15) is 4.79 Å². The standard InChI is InChI=1S/C27H29N7O2/c1-16-10-25-28-13-23(34(25)30-11-16)19-4-6-21(26-20(19)12-29-27(26)35)31-24-7-5-18(17-8-9-36-15-17)22(32-24)14-33(2)3/h4-7,10-11,13,17H,8-9,12,14-15H2,1-3H3,(H,29,35)(H,31,32)/t17-/m0/s1. The van der Waals surface area contributed by atoms with Crippen molar-refractivity contribution in [2.75, 3.05) is 32.6 Å². The number of pyridine rings is 1. The molecule has 2 aliphatic heterocycles. The fourth-order valence-corrected chi connectivity index (χ4v) is 5.14. The first kappa shape index (κ1) is 22.6. The smallest absolute Gasteiger partial charge is 0.254 e. The normalized spacial score (nSPS) is 17.1. The second-order valence-electron chi connectivity index (χ2n) is 9.80. The molecule has 9 nitrogen and oxygen atoms in total. The molecule has 5 heterocycles. The van der Waals surface area contributed by atoms with Gasteiger partial charge in [0.2, 0.25) is 0 Å². The van der Waals surface area contributed by atoms with Gasteiger partial charge in [-0.1, -0.05) is 12.1 Å². The van der Waals surface area contributed by atoms with Gasteiger partial charge in [0, 0.05) is 31.2 Å². The summed E-state index contributed by atoms with van der Waals surface area (Å²) < 4.78 is 7.44. The van der Waals surface area contributed by atoms with Crippen molar-refractivity contribution >= 4 is 23.1 Å². The minimum Gasteiger partial charge on any atom is -0.381 e. The van der Waals surface area contributed by atoms with Gasteiger partial charge in [0.25, 0.3) is 5.91 Å². The minimum atomic E-state index is -0.0970. The molecule has 3 aromatic heterocycles. The van der Waals surface area contributed by atoms with Gasteiger partial charge >= 0.3 is 0 Å². The van der Waals surface area contributed by atoms with Crippen LogP contribution < -0.4 is 10.6 Å². The highest BCUT2D eigenvalue weighted by Gasteiger charge is 2.28. The Kier molecular flexibility index (Phi) is 5.66. The van der Waals surface area contributed by atoms with E-state index in [0.29, 0.717) is 18.0 Å². The van der Waals surface area contributed by atoms with Gasteiger partial charge < -0.3 is 20.3 Å². The predicted octanol–water partition coefficient (Wildman–Crippen LogP) is 3.65. The molecule has 0 unspecified atom stereocenters. The van der Waals surface area contributed by atoms with Gasteiger partial charge in [0.05, 0.1) is 41.6 Å². The lowest BCUT2D eigenvalue weighted by Gasteiger charge is -2.19. The number of hydrogen-bond donors (Lipinski definition) is 2. The maximum atomic E-state index is 12.9. The molecule has 184 valence electrons. The quantitative estimate of drug-likeness (QED) is 0.432. The number of aryl methyl sites for hydroxylation is 1. The first-order valence-electron chi connectivity index (χ1n) is 12.2. The lowest BCUT2D eigenvalue weighted by Crippen LogP contribution is -2.16. The van der Waals surface area contributed by atoms with E-state index >= 15 is 0 Å². The highest BCUT2D eigenvalue weighted by atomic mass is 16.5. The van der Waals surface area contributed by atoms with Crippen LogP contribution in [0.3, 0.4) is 0 Å². The van der Waals surface area contributed by atoms with Gasteiger partial charge in [-0.3, -0.25) is 4.79 Å². The van der Waals surface area contributed by atoms with Crippen molar-refractivity contribution in [1.29, 1.82) is 0 Å². The molecule has 2 N–H and O–H groups in total. The number of imidazole rings is 1. The lowest BCUT2D eigenvalue weighted by atomic mass is 9.96. The number of carbonyl (C=O) groups is 1. The molecule has 9 heteroatoms. The number of amides is 1. The van der Waals surface area contributed by atoms with Crippen LogP contribution in [-0.2, 0) is 17.8 Å². The highest BCUT2D eigenvalue weighted by molar-refractivity contribution is 6.06. The van der Waals surface area contributed by atoms with Gasteiger partial charge in [0.15, 0.2) is 5.65 Å². The van der Waals surface area contributed by atoms with Crippen LogP contribution in [-0.4, -0.2) is 57.7 Å². The topological polar surface area (TPSA) is 96.7 Å². The number of ether oxygens (including phenoxy) is 1. The van der Waals surface area contributed by atoms with E-state index in [2.05, 4.69) is 31.7 Å². The Labute approximate surface area is 209 Å². The lowest BCUT2D eigenvalue weighted by molar-refractivity contribution is 0.0966. The molecular formula is C27H29N7O2. The maximum absolute atomic E-state index is 12.9. The van der Waals surface area contributed by atoms with E-state index in [1.807, 2.05) is 62.2 Å². The zero-order valence-corrected chi connectivity index (χ0v) is 20.7. The summed E-state index contributed by atoms with van der Waals surface area (Å²) in [6, 6.07) is 10.1. The van der Waals surface area contributed by atoms with E-state index in [1.54, 1.807) is 0 Å². The third kappa shape index (κ3) is 4.00. The van der Waals surface area contributed by atoms with E-state index in [4.69, 9.17) is 9.72 Å². The summed E-state index contributed by atoms with van der Waals surface area (Å²) in [4.78, 5) is 24.5. The van der Waals surface area contributed by atoms with Crippen molar-refractivity contribution in [1.82, 2.24) is 29.8 Å². The minimum absolute atomic E-state index is 0.0970. The molecule has 1 aromatic carbocycles. The monoisotopic (exact) mass is 483 g/mol. The van der Waals surface area contributed by atoms with E-state index in [0.717, 1.165) is 71.4 Å². The second-order valence-corrected chi connectivity index (χ2v) is 9.80. The molecule has 1 amide bonds. The summed E-state index contributed by atoms with van der Waals surface area (Å²) in [5.41, 5.74) is 8.21. The fourth-order valence-electron chi connectivity index (χ4n) is 5.14. The Hall–Kier alpha value is -3.82. The number of nitrogens with zero attached hydrogens (tertiary/aromatic N) is 5. The van der Waals surface area contributed by atoms with E-state index in [1.165, 1.54) is 5.56 Å². The third-order valence-electron chi connectivity index (χ3n) is 6.85. The zero-order valence-electron chi connectivity index (χ0n) is 20.7. The summed E-state index contributed by atoms with van der Waals surface area (Å²) in [5, 5.41) is 10.9. The van der Waals surface area contributed by atoms with E-state index < -0.39 is 0 Å². The molecule has 0 radical (unpaired) electrons. The summed E-state index contributed by atoms with van der Waals surface area (Å²) in [6.45, 7) is 4.72. The van der Waals surface area contributed by atoms with Crippen molar-refractivity contribution in [3.63, 3.8) is 0 Å². The average molecular weight is 484 g/mol. The summed E-state index contributed by atoms with van der Waals surface area (Å²) in [7, 11) is 4.09. The van der Waals surface area contributed by atoms with Crippen LogP contribution in [0.2, 0.25) is 0 Å². The molecule has 0 spiro atoms. The molecule has 2 aliphatic rings. The van der Waals surface area contributed by atoms with Crippen LogP contribution in [0.15, 0.2) is 42.7 Å². The average Bonchev–Trinajstić information content (AvgIpc) is 3.60. The van der Waals surface area contributed by atoms with Crippen molar-refractivity contribution in [3.05, 3.63) is 70.7 Å². The van der Waals surface area contributed by atoms with Crippen molar-refractivity contribution in [2.24, 2.45) is 0 Å². The van der Waals surface area contributed by atoms with Crippen LogP contribution in [0, 0.1) is 6.92 Å². The number of benzene rings is 1. The number of aromatic nitrogens is 4. The maximum Gasteiger partial charge on any atom is 0.254 e. The van der Waals surface area contributed by atoms with Crippen LogP contribution >= 0.6 is 0 Å². The molecule has 0 saturated carbocycles. The number of rotatable bonds is 6. The Morgan fingerprint density at radius 1 is 1.22 bits per heavy atom. The fraction of sp³-hybridized carbons (Fsp3) is 0.333. The van der Waals surface area contributed by atoms with Gasteiger partial charge in [-0.25, -0.2) is 14.5 Å². The van der Waals surface area contributed by atoms with Crippen LogP contribution in [0.1, 0.15) is 45.1 Å². The van der Waals surface area contributed by atoms with Crippen molar-refractivity contribution in [3.8, 4) is 11.3 Å². The molecule has 1 fully saturated rings. The summed E-state index contributed by atoms with van der Waals surface area (Å²) >= 11 is 0. The predicted molar refractivity (Wildman–Crippen MR) is 137 cm³/mol. The highest BCUT2D eigenvalue weighted by Crippen LogP contribution is 2.36. The third-order valence-corrected chi connectivity index (χ3v) is 6.85. The van der Waals surface area contributed by atoms with Gasteiger partial charge in [-0.15, -0.1) is 0 Å². The molecule has 1 atom stereocenters.